The third-order valence-corrected chi connectivity index (χ3v) is 5.39. The van der Waals surface area contributed by atoms with Gasteiger partial charge in [-0.05, 0) is 36.1 Å². The number of carbonyl (C=O) groups is 1. The predicted octanol–water partition coefficient (Wildman–Crippen LogP) is 4.09. The van der Waals surface area contributed by atoms with Gasteiger partial charge in [-0.2, -0.15) is 0 Å². The van der Waals surface area contributed by atoms with E-state index in [1.807, 2.05) is 49.4 Å². The van der Waals surface area contributed by atoms with Crippen LogP contribution in [-0.2, 0) is 11.3 Å². The van der Waals surface area contributed by atoms with Gasteiger partial charge in [0, 0.05) is 31.7 Å². The van der Waals surface area contributed by atoms with Gasteiger partial charge in [0.05, 0.1) is 5.92 Å². The topological polar surface area (TPSA) is 58.4 Å². The zero-order valence-electron chi connectivity index (χ0n) is 16.6. The molecule has 1 amide bonds. The van der Waals surface area contributed by atoms with Crippen LogP contribution in [0, 0.1) is 11.7 Å². The Labute approximate surface area is 184 Å². The molecule has 0 bridgehead atoms. The summed E-state index contributed by atoms with van der Waals surface area (Å²) in [6, 6.07) is 16.3. The number of amides is 1. The highest BCUT2D eigenvalue weighted by atomic mass is 35.5. The lowest BCUT2D eigenvalue weighted by atomic mass is 9.94. The molecule has 4 nitrogen and oxygen atoms in total. The Balaban J connectivity index is 0.00000210. The normalized spacial score (nSPS) is 16.8. The maximum atomic E-state index is 13.0. The second-order valence-corrected chi connectivity index (χ2v) is 7.41. The van der Waals surface area contributed by atoms with Crippen LogP contribution in [0.2, 0.25) is 0 Å². The molecule has 2 atom stereocenters. The molecule has 1 fully saturated rings. The van der Waals surface area contributed by atoms with E-state index in [1.165, 1.54) is 12.1 Å². The van der Waals surface area contributed by atoms with E-state index >= 15 is 0 Å². The standard InChI is InChI=1S/C22H28FN3O.2ClH/c1-16(21(24)18-5-3-2-4-6-18)22(27)25-20-11-13-26(14-12-20)15-17-7-9-19(23)10-8-17;;/h2-10,16,20-21H,11-15,24H2,1H3,(H,25,27);2*1H. The van der Waals surface area contributed by atoms with Gasteiger partial charge in [-0.15, -0.1) is 24.8 Å². The van der Waals surface area contributed by atoms with E-state index in [-0.39, 0.29) is 54.5 Å². The van der Waals surface area contributed by atoms with Crippen LogP contribution in [0.25, 0.3) is 0 Å². The SMILES string of the molecule is CC(C(=O)NC1CCN(Cc2ccc(F)cc2)CC1)C(N)c1ccccc1.Cl.Cl. The van der Waals surface area contributed by atoms with Crippen LogP contribution < -0.4 is 11.1 Å². The number of likely N-dealkylation sites (tertiary alicyclic amines) is 1. The number of halogens is 3. The number of hydrogen-bond acceptors (Lipinski definition) is 3. The maximum absolute atomic E-state index is 13.0. The lowest BCUT2D eigenvalue weighted by molar-refractivity contribution is -0.126. The van der Waals surface area contributed by atoms with Crippen molar-refractivity contribution in [1.82, 2.24) is 10.2 Å². The minimum atomic E-state index is -0.301. The number of nitrogens with two attached hydrogens (primary N) is 1. The van der Waals surface area contributed by atoms with Crippen LogP contribution in [0.4, 0.5) is 4.39 Å². The minimum Gasteiger partial charge on any atom is -0.353 e. The van der Waals surface area contributed by atoms with Crippen molar-refractivity contribution in [1.29, 1.82) is 0 Å². The first-order chi connectivity index (χ1) is 13.0. The highest BCUT2D eigenvalue weighted by Gasteiger charge is 2.26. The molecule has 160 valence electrons. The van der Waals surface area contributed by atoms with Gasteiger partial charge in [-0.1, -0.05) is 49.4 Å². The van der Waals surface area contributed by atoms with Crippen molar-refractivity contribution in [3.63, 3.8) is 0 Å². The third kappa shape index (κ3) is 7.27. The van der Waals surface area contributed by atoms with Crippen LogP contribution in [0.5, 0.6) is 0 Å². The Hall–Kier alpha value is -1.66. The second-order valence-electron chi connectivity index (χ2n) is 7.41. The summed E-state index contributed by atoms with van der Waals surface area (Å²) in [5.41, 5.74) is 8.36. The molecule has 1 aliphatic rings. The Morgan fingerprint density at radius 2 is 1.69 bits per heavy atom. The van der Waals surface area contributed by atoms with E-state index < -0.39 is 0 Å². The van der Waals surface area contributed by atoms with E-state index in [1.54, 1.807) is 0 Å². The Morgan fingerprint density at radius 3 is 2.28 bits per heavy atom. The van der Waals surface area contributed by atoms with Crippen LogP contribution in [0.3, 0.4) is 0 Å². The van der Waals surface area contributed by atoms with Crippen molar-refractivity contribution < 1.29 is 9.18 Å². The fourth-order valence-electron chi connectivity index (χ4n) is 3.54. The molecule has 29 heavy (non-hydrogen) atoms. The molecule has 0 radical (unpaired) electrons. The molecule has 2 aromatic rings. The van der Waals surface area contributed by atoms with Gasteiger partial charge < -0.3 is 11.1 Å². The van der Waals surface area contributed by atoms with Gasteiger partial charge in [-0.25, -0.2) is 4.39 Å². The van der Waals surface area contributed by atoms with Crippen LogP contribution >= 0.6 is 24.8 Å². The Bertz CT molecular complexity index is 737. The summed E-state index contributed by atoms with van der Waals surface area (Å²) in [5.74, 6) is -0.462. The van der Waals surface area contributed by atoms with E-state index in [9.17, 15) is 9.18 Å². The van der Waals surface area contributed by atoms with Gasteiger partial charge in [0.1, 0.15) is 5.82 Å². The fourth-order valence-corrected chi connectivity index (χ4v) is 3.54. The van der Waals surface area contributed by atoms with E-state index in [2.05, 4.69) is 10.2 Å². The van der Waals surface area contributed by atoms with Gasteiger partial charge in [-0.3, -0.25) is 9.69 Å². The molecule has 1 aliphatic heterocycles. The van der Waals surface area contributed by atoms with E-state index in [4.69, 9.17) is 5.73 Å². The second kappa shape index (κ2) is 12.1. The number of carbonyl (C=O) groups excluding carboxylic acids is 1. The van der Waals surface area contributed by atoms with Gasteiger partial charge in [0.15, 0.2) is 0 Å². The van der Waals surface area contributed by atoms with E-state index in [0.717, 1.165) is 43.6 Å². The van der Waals surface area contributed by atoms with Gasteiger partial charge >= 0.3 is 0 Å². The van der Waals surface area contributed by atoms with Crippen LogP contribution in [-0.4, -0.2) is 29.9 Å². The first kappa shape index (κ1) is 25.4. The van der Waals surface area contributed by atoms with Crippen molar-refractivity contribution in [2.45, 2.75) is 38.4 Å². The van der Waals surface area contributed by atoms with Crippen molar-refractivity contribution in [2.75, 3.05) is 13.1 Å². The molecule has 3 N–H and O–H groups in total. The minimum absolute atomic E-state index is 0. The highest BCUT2D eigenvalue weighted by Crippen LogP contribution is 2.20. The van der Waals surface area contributed by atoms with E-state index in [0.29, 0.717) is 0 Å². The summed E-state index contributed by atoms with van der Waals surface area (Å²) in [4.78, 5) is 14.9. The highest BCUT2D eigenvalue weighted by molar-refractivity contribution is 5.85. The van der Waals surface area contributed by atoms with Crippen molar-refractivity contribution in [3.05, 3.63) is 71.5 Å². The lowest BCUT2D eigenvalue weighted by Crippen LogP contribution is -2.47. The molecule has 0 saturated carbocycles. The molecular weight excluding hydrogens is 412 g/mol. The molecular formula is C22H30Cl2FN3O. The number of benzene rings is 2. The molecule has 1 saturated heterocycles. The van der Waals surface area contributed by atoms with Crippen LogP contribution in [0.1, 0.15) is 36.9 Å². The summed E-state index contributed by atoms with van der Waals surface area (Å²) in [6.45, 7) is 4.54. The number of piperidine rings is 1. The summed E-state index contributed by atoms with van der Waals surface area (Å²) >= 11 is 0. The average Bonchev–Trinajstić information content (AvgIpc) is 2.70. The first-order valence-corrected chi connectivity index (χ1v) is 9.60. The summed E-state index contributed by atoms with van der Waals surface area (Å²) < 4.78 is 13.0. The van der Waals surface area contributed by atoms with Crippen molar-refractivity contribution in [2.24, 2.45) is 11.7 Å². The van der Waals surface area contributed by atoms with Gasteiger partial charge in [0.2, 0.25) is 5.91 Å². The van der Waals surface area contributed by atoms with Gasteiger partial charge in [0.25, 0.3) is 0 Å². The quantitative estimate of drug-likeness (QED) is 0.709. The molecule has 2 aromatic carbocycles. The Kier molecular flexibility index (Phi) is 10.6. The zero-order valence-corrected chi connectivity index (χ0v) is 18.2. The summed E-state index contributed by atoms with van der Waals surface area (Å²) in [6.07, 6.45) is 1.83. The molecule has 0 aromatic heterocycles. The van der Waals surface area contributed by atoms with Crippen LogP contribution in [0.15, 0.2) is 54.6 Å². The largest absolute Gasteiger partial charge is 0.353 e. The molecule has 0 spiro atoms. The molecule has 3 rings (SSSR count). The molecule has 7 heteroatoms. The summed E-state index contributed by atoms with van der Waals surface area (Å²) in [5, 5.41) is 3.17. The number of nitrogens with one attached hydrogen (secondary N) is 1. The lowest BCUT2D eigenvalue weighted by Gasteiger charge is -2.33. The fraction of sp³-hybridized carbons (Fsp3) is 0.409. The number of rotatable bonds is 6. The molecule has 2 unspecified atom stereocenters. The average molecular weight is 442 g/mol. The summed E-state index contributed by atoms with van der Waals surface area (Å²) in [7, 11) is 0. The zero-order chi connectivity index (χ0) is 19.2. The predicted molar refractivity (Wildman–Crippen MR) is 120 cm³/mol. The number of hydrogen-bond donors (Lipinski definition) is 2. The molecule has 0 aliphatic carbocycles. The first-order valence-electron chi connectivity index (χ1n) is 9.60. The number of nitrogens with zero attached hydrogens (tertiary/aromatic N) is 1. The monoisotopic (exact) mass is 441 g/mol. The smallest absolute Gasteiger partial charge is 0.224 e. The third-order valence-electron chi connectivity index (χ3n) is 5.39. The van der Waals surface area contributed by atoms with Crippen molar-refractivity contribution >= 4 is 30.7 Å². The van der Waals surface area contributed by atoms with Crippen molar-refractivity contribution in [3.8, 4) is 0 Å². The molecule has 1 heterocycles. The maximum Gasteiger partial charge on any atom is 0.224 e. The Morgan fingerprint density at radius 1 is 1.10 bits per heavy atom.